The monoisotopic (exact) mass is 871 g/mol. The minimum atomic E-state index is 0.891. The van der Waals surface area contributed by atoms with Gasteiger partial charge < -0.3 is 0 Å². The van der Waals surface area contributed by atoms with Crippen molar-refractivity contribution < 1.29 is 0 Å². The molecule has 0 bridgehead atoms. The van der Waals surface area contributed by atoms with Crippen LogP contribution in [0.25, 0.3) is 0 Å². The summed E-state index contributed by atoms with van der Waals surface area (Å²) in [4.78, 5) is 0. The van der Waals surface area contributed by atoms with Crippen molar-refractivity contribution in [3.05, 3.63) is 0 Å². The second-order valence-electron chi connectivity index (χ2n) is 22.1. The topological polar surface area (TPSA) is 0 Å². The molecule has 0 amide bonds. The maximum atomic E-state index is 2.37. The highest BCUT2D eigenvalue weighted by Gasteiger charge is 2.09. The van der Waals surface area contributed by atoms with Gasteiger partial charge in [-0.15, -0.1) is 0 Å². The van der Waals surface area contributed by atoms with E-state index in [1.54, 1.807) is 0 Å². The lowest BCUT2D eigenvalue weighted by atomic mass is 9.89. The van der Waals surface area contributed by atoms with Gasteiger partial charge in [-0.05, 0) is 11.8 Å². The molecule has 0 saturated carbocycles. The molecule has 0 aliphatic heterocycles. The fourth-order valence-electron chi connectivity index (χ4n) is 10.6. The van der Waals surface area contributed by atoms with Crippen molar-refractivity contribution in [2.24, 2.45) is 11.8 Å². The second-order valence-corrected chi connectivity index (χ2v) is 22.1. The maximum Gasteiger partial charge on any atom is -0.0414 e. The molecule has 0 atom stereocenters. The van der Waals surface area contributed by atoms with E-state index >= 15 is 0 Å². The largest absolute Gasteiger partial charge is 0.0654 e. The van der Waals surface area contributed by atoms with Crippen molar-refractivity contribution in [3.63, 3.8) is 0 Å². The Morgan fingerprint density at radius 2 is 0.290 bits per heavy atom. The number of unbranched alkanes of at least 4 members (excludes halogenated alkanes) is 49. The van der Waals surface area contributed by atoms with Crippen molar-refractivity contribution in [1.82, 2.24) is 0 Å². The van der Waals surface area contributed by atoms with E-state index in [2.05, 4.69) is 27.7 Å². The molecule has 0 radical (unpaired) electrons. The summed E-state index contributed by atoms with van der Waals surface area (Å²) < 4.78 is 0. The Bertz CT molecular complexity index is 692. The van der Waals surface area contributed by atoms with Crippen molar-refractivity contribution in [2.45, 2.75) is 387 Å². The predicted molar refractivity (Wildman–Crippen MR) is 288 cm³/mol. The molecule has 0 heteroatoms. The van der Waals surface area contributed by atoms with Gasteiger partial charge in [0, 0.05) is 0 Å². The number of rotatable bonds is 57. The van der Waals surface area contributed by atoms with E-state index in [9.17, 15) is 0 Å². The molecule has 0 saturated heterocycles. The van der Waals surface area contributed by atoms with Crippen LogP contribution < -0.4 is 0 Å². The van der Waals surface area contributed by atoms with Crippen LogP contribution in [0.4, 0.5) is 0 Å². The summed E-state index contributed by atoms with van der Waals surface area (Å²) >= 11 is 0. The standard InChI is InChI=1S/C62H126/c1-5-7-9-11-13-15-17-19-21-23-25-27-29-31-33-38-42-46-50-54-58-62(60-56-52-48-44-40-36-35-37-41-45-49-53-57-61(3)4)59-55-51-47-43-39-34-32-30-28-26-24-22-20-18-16-14-12-10-8-6-2/h61-62H,5-60H2,1-4H3. The third kappa shape index (κ3) is 56.1. The van der Waals surface area contributed by atoms with Gasteiger partial charge in [0.25, 0.3) is 0 Å². The molecule has 374 valence electrons. The van der Waals surface area contributed by atoms with E-state index < -0.39 is 0 Å². The molecule has 0 nitrogen and oxygen atoms in total. The van der Waals surface area contributed by atoms with Crippen LogP contribution in [0.5, 0.6) is 0 Å². The molecule has 0 fully saturated rings. The van der Waals surface area contributed by atoms with Crippen LogP contribution in [0.1, 0.15) is 387 Å². The lowest BCUT2D eigenvalue weighted by molar-refractivity contribution is 0.365. The molecule has 62 heavy (non-hydrogen) atoms. The van der Waals surface area contributed by atoms with E-state index in [4.69, 9.17) is 0 Å². The molecule has 0 aromatic carbocycles. The van der Waals surface area contributed by atoms with Gasteiger partial charge in [0.15, 0.2) is 0 Å². The van der Waals surface area contributed by atoms with Crippen molar-refractivity contribution in [2.75, 3.05) is 0 Å². The van der Waals surface area contributed by atoms with Crippen LogP contribution >= 0.6 is 0 Å². The summed E-state index contributed by atoms with van der Waals surface area (Å²) in [5, 5.41) is 0. The molecule has 0 unspecified atom stereocenters. The summed E-state index contributed by atoms with van der Waals surface area (Å²) in [5.41, 5.74) is 0. The van der Waals surface area contributed by atoms with E-state index in [1.807, 2.05) is 0 Å². The average molecular weight is 872 g/mol. The molecule has 0 spiro atoms. The van der Waals surface area contributed by atoms with Gasteiger partial charge in [0.2, 0.25) is 0 Å². The van der Waals surface area contributed by atoms with Crippen LogP contribution in [0.2, 0.25) is 0 Å². The van der Waals surface area contributed by atoms with Gasteiger partial charge in [-0.25, -0.2) is 0 Å². The zero-order chi connectivity index (χ0) is 44.8. The number of hydrogen-bond acceptors (Lipinski definition) is 0. The van der Waals surface area contributed by atoms with Gasteiger partial charge in [-0.1, -0.05) is 387 Å². The highest BCUT2D eigenvalue weighted by Crippen LogP contribution is 2.26. The fraction of sp³-hybridized carbons (Fsp3) is 1.00. The first-order valence-electron chi connectivity index (χ1n) is 30.7. The van der Waals surface area contributed by atoms with Gasteiger partial charge in [-0.3, -0.25) is 0 Å². The first-order chi connectivity index (χ1) is 30.7. The summed E-state index contributed by atoms with van der Waals surface area (Å²) in [7, 11) is 0. The maximum absolute atomic E-state index is 2.37. The van der Waals surface area contributed by atoms with Gasteiger partial charge in [0.05, 0.1) is 0 Å². The summed E-state index contributed by atoms with van der Waals surface area (Å²) in [6.07, 6.45) is 83.4. The van der Waals surface area contributed by atoms with Crippen LogP contribution in [0.15, 0.2) is 0 Å². The highest BCUT2D eigenvalue weighted by atomic mass is 14.2. The molecular weight excluding hydrogens is 745 g/mol. The lowest BCUT2D eigenvalue weighted by Gasteiger charge is -2.17. The van der Waals surface area contributed by atoms with Crippen molar-refractivity contribution in [1.29, 1.82) is 0 Å². The van der Waals surface area contributed by atoms with Crippen LogP contribution in [0, 0.1) is 11.8 Å². The molecule has 0 N–H and O–H groups in total. The Morgan fingerprint density at radius 3 is 0.435 bits per heavy atom. The Kier molecular flexibility index (Phi) is 57.1. The second kappa shape index (κ2) is 57.1. The predicted octanol–water partition coefficient (Wildman–Crippen LogP) is 24.1. The quantitative estimate of drug-likeness (QED) is 0.0534. The van der Waals surface area contributed by atoms with E-state index in [-0.39, 0.29) is 0 Å². The molecule has 0 aliphatic rings. The molecule has 0 rings (SSSR count). The fourth-order valence-corrected chi connectivity index (χ4v) is 10.6. The molecule has 0 aromatic rings. The third-order valence-corrected chi connectivity index (χ3v) is 15.1. The first kappa shape index (κ1) is 62.0. The van der Waals surface area contributed by atoms with Crippen LogP contribution in [-0.4, -0.2) is 0 Å². The normalized spacial score (nSPS) is 11.9. The Hall–Kier alpha value is 0. The zero-order valence-electron chi connectivity index (χ0n) is 44.8. The third-order valence-electron chi connectivity index (χ3n) is 15.1. The molecule has 0 aliphatic carbocycles. The van der Waals surface area contributed by atoms with Crippen LogP contribution in [0.3, 0.4) is 0 Å². The van der Waals surface area contributed by atoms with Crippen molar-refractivity contribution >= 4 is 0 Å². The Labute approximate surface area is 397 Å². The lowest BCUT2D eigenvalue weighted by Crippen LogP contribution is -2.01. The average Bonchev–Trinajstić information content (AvgIpc) is 3.27. The van der Waals surface area contributed by atoms with Gasteiger partial charge >= 0.3 is 0 Å². The minimum absolute atomic E-state index is 0.891. The zero-order valence-corrected chi connectivity index (χ0v) is 44.8. The van der Waals surface area contributed by atoms with E-state index in [0.717, 1.165) is 11.8 Å². The Balaban J connectivity index is 3.94. The SMILES string of the molecule is CCCCCCCCCCCCCCCCCCCCCCC(CCCCCCCCCCCCCCCCCCCCCC)CCCCCCCCCCCCCCC(C)C. The Morgan fingerprint density at radius 1 is 0.161 bits per heavy atom. The summed E-state index contributed by atoms with van der Waals surface area (Å²) in [5.74, 6) is 1.92. The molecule has 0 aromatic heterocycles. The summed E-state index contributed by atoms with van der Waals surface area (Å²) in [6.45, 7) is 9.37. The molecule has 0 heterocycles. The smallest absolute Gasteiger partial charge is 0.0414 e. The molecular formula is C62H126. The minimum Gasteiger partial charge on any atom is -0.0654 e. The first-order valence-corrected chi connectivity index (χ1v) is 30.7. The van der Waals surface area contributed by atoms with Gasteiger partial charge in [-0.2, -0.15) is 0 Å². The number of hydrogen-bond donors (Lipinski definition) is 0. The summed E-state index contributed by atoms with van der Waals surface area (Å²) in [6, 6.07) is 0. The van der Waals surface area contributed by atoms with Gasteiger partial charge in [0.1, 0.15) is 0 Å². The van der Waals surface area contributed by atoms with E-state index in [1.165, 1.54) is 360 Å². The van der Waals surface area contributed by atoms with Crippen molar-refractivity contribution in [3.8, 4) is 0 Å². The highest BCUT2D eigenvalue weighted by molar-refractivity contribution is 4.63. The van der Waals surface area contributed by atoms with Crippen LogP contribution in [-0.2, 0) is 0 Å². The van der Waals surface area contributed by atoms with E-state index in [0.29, 0.717) is 0 Å².